The van der Waals surface area contributed by atoms with Gasteiger partial charge in [0.1, 0.15) is 23.0 Å². The molecule has 0 N–H and O–H groups in total. The third kappa shape index (κ3) is 4.27. The first-order chi connectivity index (χ1) is 10.1. The van der Waals surface area contributed by atoms with Crippen molar-refractivity contribution < 1.29 is 18.7 Å². The van der Waals surface area contributed by atoms with Crippen molar-refractivity contribution in [2.75, 3.05) is 20.8 Å². The molecule has 0 fully saturated rings. The lowest BCUT2D eigenvalue weighted by Crippen LogP contribution is -2.30. The SMILES string of the molecule is COc1ccc(OCC(=O)N(C)Cc2ccc(C)o2)cc1. The van der Waals surface area contributed by atoms with E-state index in [4.69, 9.17) is 13.9 Å². The molecule has 0 aliphatic heterocycles. The number of carbonyl (C=O) groups is 1. The molecular weight excluding hydrogens is 270 g/mol. The number of hydrogen-bond acceptors (Lipinski definition) is 4. The number of hydrogen-bond donors (Lipinski definition) is 0. The van der Waals surface area contributed by atoms with E-state index in [1.807, 2.05) is 19.1 Å². The fourth-order valence-electron chi connectivity index (χ4n) is 1.82. The molecule has 0 radical (unpaired) electrons. The van der Waals surface area contributed by atoms with Gasteiger partial charge in [-0.25, -0.2) is 0 Å². The van der Waals surface area contributed by atoms with Crippen molar-refractivity contribution in [1.82, 2.24) is 4.90 Å². The van der Waals surface area contributed by atoms with Crippen LogP contribution in [0.25, 0.3) is 0 Å². The summed E-state index contributed by atoms with van der Waals surface area (Å²) in [5, 5.41) is 0. The van der Waals surface area contributed by atoms with Crippen molar-refractivity contribution >= 4 is 5.91 Å². The lowest BCUT2D eigenvalue weighted by atomic mass is 10.3. The molecule has 0 bridgehead atoms. The molecule has 1 heterocycles. The zero-order chi connectivity index (χ0) is 15.2. The fourth-order valence-corrected chi connectivity index (χ4v) is 1.82. The van der Waals surface area contributed by atoms with Gasteiger partial charge in [-0.05, 0) is 43.3 Å². The second-order valence-electron chi connectivity index (χ2n) is 4.73. The second kappa shape index (κ2) is 6.83. The Kier molecular flexibility index (Phi) is 4.87. The summed E-state index contributed by atoms with van der Waals surface area (Å²) in [4.78, 5) is 13.6. The Hall–Kier alpha value is -2.43. The van der Waals surface area contributed by atoms with Crippen LogP contribution in [0.15, 0.2) is 40.8 Å². The van der Waals surface area contributed by atoms with Crippen molar-refractivity contribution in [2.45, 2.75) is 13.5 Å². The lowest BCUT2D eigenvalue weighted by molar-refractivity contribution is -0.132. The van der Waals surface area contributed by atoms with Gasteiger partial charge in [0.05, 0.1) is 13.7 Å². The third-order valence-electron chi connectivity index (χ3n) is 3.04. The monoisotopic (exact) mass is 289 g/mol. The Morgan fingerprint density at radius 2 is 1.81 bits per heavy atom. The molecule has 5 heteroatoms. The molecule has 2 aromatic rings. The van der Waals surface area contributed by atoms with Crippen LogP contribution in [0, 0.1) is 6.92 Å². The van der Waals surface area contributed by atoms with Crippen LogP contribution in [-0.4, -0.2) is 31.6 Å². The van der Waals surface area contributed by atoms with Crippen LogP contribution in [0.4, 0.5) is 0 Å². The van der Waals surface area contributed by atoms with Crippen molar-refractivity contribution in [3.63, 3.8) is 0 Å². The lowest BCUT2D eigenvalue weighted by Gasteiger charge is -2.16. The number of methoxy groups -OCH3 is 1. The molecule has 0 atom stereocenters. The number of furan rings is 1. The summed E-state index contributed by atoms with van der Waals surface area (Å²) in [5.74, 6) is 2.86. The predicted molar refractivity (Wildman–Crippen MR) is 78.4 cm³/mol. The number of ether oxygens (including phenoxy) is 2. The van der Waals surface area contributed by atoms with Crippen molar-refractivity contribution in [3.05, 3.63) is 47.9 Å². The maximum Gasteiger partial charge on any atom is 0.260 e. The fraction of sp³-hybridized carbons (Fsp3) is 0.312. The summed E-state index contributed by atoms with van der Waals surface area (Å²) < 4.78 is 16.0. The summed E-state index contributed by atoms with van der Waals surface area (Å²) >= 11 is 0. The minimum atomic E-state index is -0.111. The number of likely N-dealkylation sites (N-methyl/N-ethyl adjacent to an activating group) is 1. The molecule has 5 nitrogen and oxygen atoms in total. The van der Waals surface area contributed by atoms with E-state index >= 15 is 0 Å². The van der Waals surface area contributed by atoms with Crippen LogP contribution in [0.3, 0.4) is 0 Å². The molecule has 21 heavy (non-hydrogen) atoms. The van der Waals surface area contributed by atoms with Gasteiger partial charge in [0.25, 0.3) is 5.91 Å². The average Bonchev–Trinajstić information content (AvgIpc) is 2.90. The molecule has 1 aromatic carbocycles. The van der Waals surface area contributed by atoms with Crippen LogP contribution < -0.4 is 9.47 Å². The maximum atomic E-state index is 12.0. The van der Waals surface area contributed by atoms with E-state index in [0.29, 0.717) is 12.3 Å². The standard InChI is InChI=1S/C16H19NO4/c1-12-4-5-15(21-12)10-17(2)16(18)11-20-14-8-6-13(19-3)7-9-14/h4-9H,10-11H2,1-3H3. The zero-order valence-corrected chi connectivity index (χ0v) is 12.5. The Morgan fingerprint density at radius 3 is 2.38 bits per heavy atom. The first kappa shape index (κ1) is 15.0. The van der Waals surface area contributed by atoms with Gasteiger partial charge < -0.3 is 18.8 Å². The van der Waals surface area contributed by atoms with Crippen LogP contribution in [-0.2, 0) is 11.3 Å². The van der Waals surface area contributed by atoms with E-state index in [0.717, 1.165) is 17.3 Å². The van der Waals surface area contributed by atoms with Crippen molar-refractivity contribution in [2.24, 2.45) is 0 Å². The molecule has 2 rings (SSSR count). The second-order valence-corrected chi connectivity index (χ2v) is 4.73. The molecule has 0 aliphatic rings. The zero-order valence-electron chi connectivity index (χ0n) is 12.5. The number of nitrogens with zero attached hydrogens (tertiary/aromatic N) is 1. The number of benzene rings is 1. The summed E-state index contributed by atoms with van der Waals surface area (Å²) in [5.41, 5.74) is 0. The topological polar surface area (TPSA) is 51.9 Å². The first-order valence-electron chi connectivity index (χ1n) is 6.64. The van der Waals surface area contributed by atoms with E-state index in [2.05, 4.69) is 0 Å². The molecule has 1 amide bonds. The minimum absolute atomic E-state index is 0.0114. The summed E-state index contributed by atoms with van der Waals surface area (Å²) in [7, 11) is 3.32. The molecule has 0 spiro atoms. The summed E-state index contributed by atoms with van der Waals surface area (Å²) in [6.45, 7) is 2.29. The summed E-state index contributed by atoms with van der Waals surface area (Å²) in [6.07, 6.45) is 0. The van der Waals surface area contributed by atoms with Crippen molar-refractivity contribution in [1.29, 1.82) is 0 Å². The highest BCUT2D eigenvalue weighted by molar-refractivity contribution is 5.77. The maximum absolute atomic E-state index is 12.0. The average molecular weight is 289 g/mol. The first-order valence-corrected chi connectivity index (χ1v) is 6.64. The smallest absolute Gasteiger partial charge is 0.260 e. The number of rotatable bonds is 6. The van der Waals surface area contributed by atoms with Gasteiger partial charge in [-0.15, -0.1) is 0 Å². The Bertz CT molecular complexity index is 589. The highest BCUT2D eigenvalue weighted by Gasteiger charge is 2.12. The number of amides is 1. The quantitative estimate of drug-likeness (QED) is 0.820. The normalized spacial score (nSPS) is 10.2. The Balaban J connectivity index is 1.82. The Labute approximate surface area is 124 Å². The van der Waals surface area contributed by atoms with Gasteiger partial charge in [0, 0.05) is 7.05 Å². The molecule has 0 aliphatic carbocycles. The molecule has 112 valence electrons. The molecule has 0 saturated carbocycles. The highest BCUT2D eigenvalue weighted by Crippen LogP contribution is 2.17. The van der Waals surface area contributed by atoms with Gasteiger partial charge in [-0.2, -0.15) is 0 Å². The number of aryl methyl sites for hydroxylation is 1. The van der Waals surface area contributed by atoms with Gasteiger partial charge in [0.15, 0.2) is 6.61 Å². The van der Waals surface area contributed by atoms with E-state index in [1.165, 1.54) is 0 Å². The van der Waals surface area contributed by atoms with Crippen LogP contribution in [0.5, 0.6) is 11.5 Å². The van der Waals surface area contributed by atoms with Crippen LogP contribution in [0.1, 0.15) is 11.5 Å². The third-order valence-corrected chi connectivity index (χ3v) is 3.04. The minimum Gasteiger partial charge on any atom is -0.497 e. The predicted octanol–water partition coefficient (Wildman–Crippen LogP) is 2.63. The molecular formula is C16H19NO4. The molecule has 0 saturated heterocycles. The summed E-state index contributed by atoms with van der Waals surface area (Å²) in [6, 6.07) is 10.8. The van der Waals surface area contributed by atoms with Crippen molar-refractivity contribution in [3.8, 4) is 11.5 Å². The van der Waals surface area contributed by atoms with Crippen LogP contribution >= 0.6 is 0 Å². The number of carbonyl (C=O) groups excluding carboxylic acids is 1. The van der Waals surface area contributed by atoms with E-state index in [1.54, 1.807) is 43.3 Å². The van der Waals surface area contributed by atoms with Crippen LogP contribution in [0.2, 0.25) is 0 Å². The van der Waals surface area contributed by atoms with Gasteiger partial charge in [-0.3, -0.25) is 4.79 Å². The molecule has 0 unspecified atom stereocenters. The molecule has 1 aromatic heterocycles. The Morgan fingerprint density at radius 1 is 1.14 bits per heavy atom. The van der Waals surface area contributed by atoms with Gasteiger partial charge >= 0.3 is 0 Å². The van der Waals surface area contributed by atoms with Gasteiger partial charge in [-0.1, -0.05) is 0 Å². The van der Waals surface area contributed by atoms with E-state index in [9.17, 15) is 4.79 Å². The largest absolute Gasteiger partial charge is 0.497 e. The van der Waals surface area contributed by atoms with E-state index in [-0.39, 0.29) is 12.5 Å². The highest BCUT2D eigenvalue weighted by atomic mass is 16.5. The van der Waals surface area contributed by atoms with E-state index < -0.39 is 0 Å². The van der Waals surface area contributed by atoms with Gasteiger partial charge in [0.2, 0.25) is 0 Å².